The summed E-state index contributed by atoms with van der Waals surface area (Å²) < 4.78 is 10.2. The number of alkyl carbamates (subject to hydrolysis) is 1. The van der Waals surface area contributed by atoms with Gasteiger partial charge in [-0.25, -0.2) is 4.79 Å². The van der Waals surface area contributed by atoms with Gasteiger partial charge in [0.05, 0.1) is 6.20 Å². The van der Waals surface area contributed by atoms with Gasteiger partial charge in [0.25, 0.3) is 0 Å². The van der Waals surface area contributed by atoms with Crippen LogP contribution in [-0.4, -0.2) is 24.4 Å². The fraction of sp³-hybridized carbons (Fsp3) is 0.182. The van der Waals surface area contributed by atoms with Crippen LogP contribution in [0.25, 0.3) is 17.2 Å². The van der Waals surface area contributed by atoms with Crippen molar-refractivity contribution in [2.24, 2.45) is 0 Å². The number of aromatic nitrogens is 1. The van der Waals surface area contributed by atoms with Crippen LogP contribution in [0.1, 0.15) is 29.0 Å². The highest BCUT2D eigenvalue weighted by Gasteiger charge is 2.28. The van der Waals surface area contributed by atoms with Crippen LogP contribution in [0.15, 0.2) is 71.6 Å². The monoisotopic (exact) mass is 360 g/mol. The van der Waals surface area contributed by atoms with Crippen molar-refractivity contribution >= 4 is 12.2 Å². The van der Waals surface area contributed by atoms with Crippen LogP contribution < -0.4 is 5.32 Å². The van der Waals surface area contributed by atoms with Gasteiger partial charge in [0, 0.05) is 18.0 Å². The summed E-state index contributed by atoms with van der Waals surface area (Å²) in [6, 6.07) is 16.6. The Morgan fingerprint density at radius 1 is 1.11 bits per heavy atom. The van der Waals surface area contributed by atoms with Gasteiger partial charge in [-0.2, -0.15) is 0 Å². The number of fused-ring (bicyclic) bond motifs is 3. The van der Waals surface area contributed by atoms with Crippen molar-refractivity contribution in [2.45, 2.75) is 12.3 Å². The minimum Gasteiger partial charge on any atom is -0.449 e. The lowest BCUT2D eigenvalue weighted by Crippen LogP contribution is -2.26. The van der Waals surface area contributed by atoms with Crippen molar-refractivity contribution in [3.63, 3.8) is 0 Å². The summed E-state index contributed by atoms with van der Waals surface area (Å²) in [5, 5.41) is 6.41. The average Bonchev–Trinajstić information content (AvgIpc) is 3.32. The average molecular weight is 360 g/mol. The molecule has 5 nitrogen and oxygen atoms in total. The number of ether oxygens (including phenoxy) is 1. The zero-order valence-electron chi connectivity index (χ0n) is 14.8. The molecule has 27 heavy (non-hydrogen) atoms. The third kappa shape index (κ3) is 3.77. The summed E-state index contributed by atoms with van der Waals surface area (Å²) in [7, 11) is 0. The molecule has 0 bridgehead atoms. The van der Waals surface area contributed by atoms with Gasteiger partial charge in [0.1, 0.15) is 12.9 Å². The van der Waals surface area contributed by atoms with Crippen LogP contribution in [0, 0.1) is 0 Å². The Kier molecular flexibility index (Phi) is 5.01. The molecule has 0 aliphatic heterocycles. The SMILES string of the molecule is O=C(NCCC=Cc1cnoc1)OCC1c2ccccc2-c2ccccc21. The lowest BCUT2D eigenvalue weighted by Gasteiger charge is -2.14. The van der Waals surface area contributed by atoms with Crippen LogP contribution in [0.2, 0.25) is 0 Å². The van der Waals surface area contributed by atoms with Crippen LogP contribution >= 0.6 is 0 Å². The topological polar surface area (TPSA) is 64.4 Å². The second-order valence-electron chi connectivity index (χ2n) is 6.40. The number of carbonyl (C=O) groups excluding carboxylic acids is 1. The van der Waals surface area contributed by atoms with Gasteiger partial charge in [-0.15, -0.1) is 0 Å². The van der Waals surface area contributed by atoms with Gasteiger partial charge in [-0.1, -0.05) is 65.8 Å². The van der Waals surface area contributed by atoms with Crippen LogP contribution in [0.3, 0.4) is 0 Å². The van der Waals surface area contributed by atoms with E-state index in [4.69, 9.17) is 9.26 Å². The van der Waals surface area contributed by atoms with E-state index in [2.05, 4.69) is 34.7 Å². The number of hydrogen-bond donors (Lipinski definition) is 1. The van der Waals surface area contributed by atoms with E-state index in [1.165, 1.54) is 22.3 Å². The molecule has 0 saturated carbocycles. The fourth-order valence-corrected chi connectivity index (χ4v) is 3.42. The van der Waals surface area contributed by atoms with Crippen molar-refractivity contribution in [1.82, 2.24) is 10.5 Å². The van der Waals surface area contributed by atoms with E-state index in [1.807, 2.05) is 36.4 Å². The largest absolute Gasteiger partial charge is 0.449 e. The van der Waals surface area contributed by atoms with E-state index >= 15 is 0 Å². The number of hydrogen-bond acceptors (Lipinski definition) is 4. The Morgan fingerprint density at radius 3 is 2.48 bits per heavy atom. The van der Waals surface area contributed by atoms with Crippen LogP contribution in [0.4, 0.5) is 4.79 Å². The Morgan fingerprint density at radius 2 is 1.81 bits per heavy atom. The van der Waals surface area contributed by atoms with Crippen molar-refractivity contribution in [2.75, 3.05) is 13.2 Å². The van der Waals surface area contributed by atoms with Gasteiger partial charge in [-0.3, -0.25) is 0 Å². The molecule has 0 saturated heterocycles. The van der Waals surface area contributed by atoms with E-state index in [0.29, 0.717) is 19.6 Å². The molecule has 1 N–H and O–H groups in total. The molecule has 2 aromatic carbocycles. The van der Waals surface area contributed by atoms with E-state index in [1.54, 1.807) is 12.5 Å². The second-order valence-corrected chi connectivity index (χ2v) is 6.40. The maximum absolute atomic E-state index is 12.0. The van der Waals surface area contributed by atoms with Crippen LogP contribution in [-0.2, 0) is 4.74 Å². The maximum Gasteiger partial charge on any atom is 0.407 e. The summed E-state index contributed by atoms with van der Waals surface area (Å²) in [5.41, 5.74) is 5.77. The molecule has 1 aliphatic carbocycles. The minimum absolute atomic E-state index is 0.0802. The molecular formula is C22H20N2O3. The predicted molar refractivity (Wildman–Crippen MR) is 103 cm³/mol. The first kappa shape index (κ1) is 17.1. The quantitative estimate of drug-likeness (QED) is 0.652. The lowest BCUT2D eigenvalue weighted by molar-refractivity contribution is 0.143. The highest BCUT2D eigenvalue weighted by atomic mass is 16.5. The number of rotatable bonds is 6. The maximum atomic E-state index is 12.0. The molecule has 1 amide bonds. The molecule has 0 fully saturated rings. The standard InChI is InChI=1S/C22H20N2O3/c25-22(23-12-6-5-7-16-13-24-27-14-16)26-15-21-19-10-3-1-8-17(19)18-9-2-4-11-20(18)21/h1-5,7-11,13-14,21H,6,12,15H2,(H,23,25). The molecule has 0 atom stereocenters. The summed E-state index contributed by atoms with van der Waals surface area (Å²) in [6.07, 6.45) is 7.36. The van der Waals surface area contributed by atoms with Gasteiger partial charge in [0.2, 0.25) is 0 Å². The van der Waals surface area contributed by atoms with Gasteiger partial charge >= 0.3 is 6.09 Å². The molecule has 1 aliphatic rings. The van der Waals surface area contributed by atoms with Crippen molar-refractivity contribution in [3.05, 3.63) is 83.8 Å². The highest BCUT2D eigenvalue weighted by molar-refractivity contribution is 5.79. The summed E-state index contributed by atoms with van der Waals surface area (Å²) in [4.78, 5) is 12.0. The summed E-state index contributed by atoms with van der Waals surface area (Å²) >= 11 is 0. The van der Waals surface area contributed by atoms with Crippen molar-refractivity contribution in [3.8, 4) is 11.1 Å². The normalized spacial score (nSPS) is 12.7. The Hall–Kier alpha value is -3.34. The lowest BCUT2D eigenvalue weighted by atomic mass is 9.98. The third-order valence-electron chi connectivity index (χ3n) is 4.69. The zero-order chi connectivity index (χ0) is 18.5. The number of nitrogens with one attached hydrogen (secondary N) is 1. The number of amides is 1. The molecular weight excluding hydrogens is 340 g/mol. The van der Waals surface area contributed by atoms with Crippen molar-refractivity contribution in [1.29, 1.82) is 0 Å². The molecule has 0 radical (unpaired) electrons. The van der Waals surface area contributed by atoms with Gasteiger partial charge in [-0.05, 0) is 28.7 Å². The molecule has 0 spiro atoms. The van der Waals surface area contributed by atoms with Gasteiger partial charge in [0.15, 0.2) is 0 Å². The van der Waals surface area contributed by atoms with Crippen LogP contribution in [0.5, 0.6) is 0 Å². The first-order chi connectivity index (χ1) is 13.3. The van der Waals surface area contributed by atoms with E-state index in [9.17, 15) is 4.79 Å². The Balaban J connectivity index is 1.30. The fourth-order valence-electron chi connectivity index (χ4n) is 3.42. The van der Waals surface area contributed by atoms with E-state index in [0.717, 1.165) is 5.56 Å². The first-order valence-electron chi connectivity index (χ1n) is 8.97. The molecule has 1 aromatic heterocycles. The second kappa shape index (κ2) is 7.91. The first-order valence-corrected chi connectivity index (χ1v) is 8.97. The molecule has 136 valence electrons. The number of nitrogens with zero attached hydrogens (tertiary/aromatic N) is 1. The van der Waals surface area contributed by atoms with E-state index in [-0.39, 0.29) is 5.92 Å². The van der Waals surface area contributed by atoms with Gasteiger partial charge < -0.3 is 14.6 Å². The number of benzene rings is 2. The Bertz CT molecular complexity index is 902. The van der Waals surface area contributed by atoms with E-state index < -0.39 is 6.09 Å². The number of carbonyl (C=O) groups is 1. The summed E-state index contributed by atoms with van der Waals surface area (Å²) in [5.74, 6) is 0.0802. The van der Waals surface area contributed by atoms with Crippen molar-refractivity contribution < 1.29 is 14.1 Å². The molecule has 0 unspecified atom stereocenters. The molecule has 3 aromatic rings. The Labute approximate surface area is 157 Å². The highest BCUT2D eigenvalue weighted by Crippen LogP contribution is 2.44. The molecule has 1 heterocycles. The summed E-state index contributed by atoms with van der Waals surface area (Å²) in [6.45, 7) is 0.842. The third-order valence-corrected chi connectivity index (χ3v) is 4.69. The zero-order valence-corrected chi connectivity index (χ0v) is 14.8. The predicted octanol–water partition coefficient (Wildman–Crippen LogP) is 4.62. The molecule has 4 rings (SSSR count). The smallest absolute Gasteiger partial charge is 0.407 e. The minimum atomic E-state index is -0.393. The molecule has 5 heteroatoms.